The maximum atomic E-state index is 14.9. The van der Waals surface area contributed by atoms with Gasteiger partial charge in [-0.1, -0.05) is 45.1 Å². The fraction of sp³-hybridized carbons (Fsp3) is 0.600. The Morgan fingerprint density at radius 2 is 1.30 bits per heavy atom. The van der Waals surface area contributed by atoms with Crippen molar-refractivity contribution in [2.75, 3.05) is 0 Å². The number of halogens is 8. The Labute approximate surface area is 229 Å². The second kappa shape index (κ2) is 12.6. The van der Waals surface area contributed by atoms with Crippen LogP contribution < -0.4 is 9.47 Å². The largest absolute Gasteiger partial charge is 0.573 e. The molecule has 0 saturated heterocycles. The molecule has 0 aliphatic heterocycles. The molecule has 0 unspecified atom stereocenters. The molecule has 0 N–H and O–H groups in total. The molecular weight excluding hydrogens is 544 g/mol. The highest BCUT2D eigenvalue weighted by Gasteiger charge is 2.40. The first-order valence-electron chi connectivity index (χ1n) is 14.0. The van der Waals surface area contributed by atoms with Crippen LogP contribution in [-0.4, -0.2) is 6.36 Å². The van der Waals surface area contributed by atoms with E-state index in [2.05, 4.69) is 16.4 Å². The Bertz CT molecular complexity index is 1110. The van der Waals surface area contributed by atoms with Crippen molar-refractivity contribution in [3.63, 3.8) is 0 Å². The van der Waals surface area contributed by atoms with Crippen LogP contribution in [0.2, 0.25) is 0 Å². The lowest BCUT2D eigenvalue weighted by atomic mass is 9.68. The third kappa shape index (κ3) is 7.60. The van der Waals surface area contributed by atoms with Gasteiger partial charge in [0.25, 0.3) is 0 Å². The van der Waals surface area contributed by atoms with Crippen molar-refractivity contribution < 1.29 is 44.6 Å². The molecule has 0 aromatic heterocycles. The molecule has 10 heteroatoms. The van der Waals surface area contributed by atoms with E-state index in [0.29, 0.717) is 11.5 Å². The van der Waals surface area contributed by atoms with Gasteiger partial charge in [-0.2, -0.15) is 8.78 Å². The second-order valence-corrected chi connectivity index (χ2v) is 11.2. The highest BCUT2D eigenvalue weighted by Crippen LogP contribution is 2.45. The van der Waals surface area contributed by atoms with Crippen LogP contribution in [0, 0.1) is 35.2 Å². The second-order valence-electron chi connectivity index (χ2n) is 11.2. The van der Waals surface area contributed by atoms with Crippen LogP contribution in [0.5, 0.6) is 11.5 Å². The van der Waals surface area contributed by atoms with Gasteiger partial charge in [0.1, 0.15) is 11.6 Å². The maximum absolute atomic E-state index is 14.9. The number of rotatable bonds is 9. The lowest BCUT2D eigenvalue weighted by Gasteiger charge is -2.38. The van der Waals surface area contributed by atoms with Gasteiger partial charge < -0.3 is 9.47 Å². The molecule has 2 fully saturated rings. The highest BCUT2D eigenvalue weighted by atomic mass is 19.4. The van der Waals surface area contributed by atoms with Crippen molar-refractivity contribution in [2.45, 2.75) is 95.9 Å². The van der Waals surface area contributed by atoms with Gasteiger partial charge in [-0.15, -0.1) is 13.2 Å². The van der Waals surface area contributed by atoms with E-state index < -0.39 is 47.0 Å². The Balaban J connectivity index is 1.36. The van der Waals surface area contributed by atoms with Gasteiger partial charge in [-0.25, -0.2) is 13.2 Å². The first-order chi connectivity index (χ1) is 18.9. The molecular formula is C30H34F8O2. The summed E-state index contributed by atoms with van der Waals surface area (Å²) in [7, 11) is 0. The van der Waals surface area contributed by atoms with E-state index in [9.17, 15) is 35.1 Å². The molecule has 0 heterocycles. The normalized spacial score (nSPS) is 24.1. The number of alkyl halides is 5. The van der Waals surface area contributed by atoms with Crippen molar-refractivity contribution in [1.29, 1.82) is 0 Å². The van der Waals surface area contributed by atoms with Crippen LogP contribution in [0.4, 0.5) is 35.1 Å². The highest BCUT2D eigenvalue weighted by molar-refractivity contribution is 5.36. The minimum atomic E-state index is -5.40. The van der Waals surface area contributed by atoms with E-state index in [1.54, 1.807) is 0 Å². The molecule has 4 rings (SSSR count). The number of hydrogen-bond donors (Lipinski definition) is 0. The lowest BCUT2D eigenvalue weighted by molar-refractivity contribution is -0.276. The number of hydrogen-bond acceptors (Lipinski definition) is 2. The number of ether oxygens (including phenoxy) is 2. The molecule has 2 aliphatic carbocycles. The van der Waals surface area contributed by atoms with Crippen LogP contribution >= 0.6 is 0 Å². The Morgan fingerprint density at radius 3 is 1.82 bits per heavy atom. The van der Waals surface area contributed by atoms with Crippen LogP contribution in [0.1, 0.15) is 94.6 Å². The zero-order valence-electron chi connectivity index (χ0n) is 22.3. The summed E-state index contributed by atoms with van der Waals surface area (Å²) in [5.41, 5.74) is -0.550. The molecule has 222 valence electrons. The van der Waals surface area contributed by atoms with Crippen LogP contribution in [0.25, 0.3) is 0 Å². The van der Waals surface area contributed by atoms with E-state index in [1.165, 1.54) is 51.0 Å². The maximum Gasteiger partial charge on any atom is 0.573 e. The van der Waals surface area contributed by atoms with Crippen LogP contribution in [0.15, 0.2) is 30.3 Å². The van der Waals surface area contributed by atoms with Crippen molar-refractivity contribution in [2.24, 2.45) is 17.8 Å². The van der Waals surface area contributed by atoms with E-state index in [-0.39, 0.29) is 18.1 Å². The van der Waals surface area contributed by atoms with Gasteiger partial charge in [0.2, 0.25) is 5.75 Å². The zero-order chi connectivity index (χ0) is 29.1. The van der Waals surface area contributed by atoms with Crippen molar-refractivity contribution >= 4 is 0 Å². The van der Waals surface area contributed by atoms with Crippen molar-refractivity contribution in [3.8, 4) is 11.5 Å². The van der Waals surface area contributed by atoms with E-state index in [0.717, 1.165) is 49.7 Å². The van der Waals surface area contributed by atoms with Crippen molar-refractivity contribution in [3.05, 3.63) is 58.9 Å². The quantitative estimate of drug-likeness (QED) is 0.276. The molecule has 2 aromatic rings. The Kier molecular flexibility index (Phi) is 9.55. The topological polar surface area (TPSA) is 18.5 Å². The van der Waals surface area contributed by atoms with Gasteiger partial charge in [0.15, 0.2) is 11.6 Å². The molecule has 0 atom stereocenters. The molecule has 2 aromatic carbocycles. The van der Waals surface area contributed by atoms with Gasteiger partial charge in [0.05, 0.1) is 5.56 Å². The Morgan fingerprint density at radius 1 is 0.725 bits per heavy atom. The molecule has 2 saturated carbocycles. The molecule has 2 aliphatic rings. The molecule has 0 spiro atoms. The van der Waals surface area contributed by atoms with E-state index in [1.807, 2.05) is 0 Å². The van der Waals surface area contributed by atoms with Gasteiger partial charge in [0, 0.05) is 12.1 Å². The molecule has 0 bridgehead atoms. The zero-order valence-corrected chi connectivity index (χ0v) is 22.3. The summed E-state index contributed by atoms with van der Waals surface area (Å²) in [6.07, 6.45) is 2.91. The molecule has 0 radical (unpaired) electrons. The van der Waals surface area contributed by atoms with Gasteiger partial charge >= 0.3 is 12.5 Å². The fourth-order valence-corrected chi connectivity index (χ4v) is 6.40. The van der Waals surface area contributed by atoms with Crippen LogP contribution in [-0.2, 0) is 6.11 Å². The summed E-state index contributed by atoms with van der Waals surface area (Å²) in [4.78, 5) is 0. The van der Waals surface area contributed by atoms with Crippen molar-refractivity contribution in [1.82, 2.24) is 0 Å². The summed E-state index contributed by atoms with van der Waals surface area (Å²) in [5, 5.41) is 0. The minimum absolute atomic E-state index is 0.0413. The number of benzene rings is 2. The third-order valence-corrected chi connectivity index (χ3v) is 8.51. The van der Waals surface area contributed by atoms with Gasteiger partial charge in [-0.05, 0) is 79.9 Å². The third-order valence-electron chi connectivity index (χ3n) is 8.51. The number of unbranched alkanes of at least 4 members (excludes halogenated alkanes) is 1. The standard InChI is InChI=1S/C30H34F8O2/c1-2-3-4-18-5-7-19(8-6-18)20-9-11-21(12-10-20)22-13-14-24(25(31)15-22)29(34,35)39-23-16-26(32)28(27(33)17-23)40-30(36,37)38/h13-21H,2-12H2,1H3. The summed E-state index contributed by atoms with van der Waals surface area (Å²) in [6, 6.07) is 3.54. The molecule has 0 amide bonds. The monoisotopic (exact) mass is 578 g/mol. The predicted octanol–water partition coefficient (Wildman–Crippen LogP) is 10.4. The van der Waals surface area contributed by atoms with E-state index >= 15 is 0 Å². The molecule has 2 nitrogen and oxygen atoms in total. The van der Waals surface area contributed by atoms with E-state index in [4.69, 9.17) is 0 Å². The summed E-state index contributed by atoms with van der Waals surface area (Å²) >= 11 is 0. The minimum Gasteiger partial charge on any atom is -0.429 e. The first kappa shape index (κ1) is 30.4. The summed E-state index contributed by atoms with van der Waals surface area (Å²) in [5.74, 6) is -5.75. The average molecular weight is 579 g/mol. The Hall–Kier alpha value is -2.52. The fourth-order valence-electron chi connectivity index (χ4n) is 6.40. The average Bonchev–Trinajstić information content (AvgIpc) is 2.89. The van der Waals surface area contributed by atoms with Crippen LogP contribution in [0.3, 0.4) is 0 Å². The summed E-state index contributed by atoms with van der Waals surface area (Å²) < 4.78 is 117. The summed E-state index contributed by atoms with van der Waals surface area (Å²) in [6.45, 7) is 2.22. The SMILES string of the molecule is CCCCC1CCC(C2CCC(c3ccc(C(F)(F)Oc4cc(F)c(OC(F)(F)F)c(F)c4)c(F)c3)CC2)CC1. The smallest absolute Gasteiger partial charge is 0.429 e. The molecule has 40 heavy (non-hydrogen) atoms. The first-order valence-corrected chi connectivity index (χ1v) is 14.0. The lowest BCUT2D eigenvalue weighted by Crippen LogP contribution is -2.26. The predicted molar refractivity (Wildman–Crippen MR) is 134 cm³/mol. The van der Waals surface area contributed by atoms with Gasteiger partial charge in [-0.3, -0.25) is 0 Å².